The number of thiazole rings is 1. The van der Waals surface area contributed by atoms with Gasteiger partial charge in [-0.3, -0.25) is 10.1 Å². The van der Waals surface area contributed by atoms with E-state index in [9.17, 15) is 9.59 Å². The van der Waals surface area contributed by atoms with Crippen molar-refractivity contribution < 1.29 is 19.1 Å². The lowest BCUT2D eigenvalue weighted by atomic mass is 10.1. The maximum Gasteiger partial charge on any atom is 0.340 e. The third-order valence-corrected chi connectivity index (χ3v) is 5.26. The minimum absolute atomic E-state index is 0.273. The van der Waals surface area contributed by atoms with Crippen LogP contribution in [-0.2, 0) is 4.74 Å². The van der Waals surface area contributed by atoms with Gasteiger partial charge in [0, 0.05) is 16.6 Å². The highest BCUT2D eigenvalue weighted by atomic mass is 32.1. The molecule has 0 aliphatic carbocycles. The molecule has 0 spiro atoms. The molecule has 0 aliphatic rings. The molecule has 0 atom stereocenters. The Bertz CT molecular complexity index is 1070. The monoisotopic (exact) mass is 413 g/mol. The van der Waals surface area contributed by atoms with Gasteiger partial charge in [-0.15, -0.1) is 11.3 Å². The molecule has 3 aromatic rings. The molecule has 0 unspecified atom stereocenters. The van der Waals surface area contributed by atoms with Crippen molar-refractivity contribution in [3.8, 4) is 17.0 Å². The molecule has 1 amide bonds. The smallest absolute Gasteiger partial charge is 0.340 e. The summed E-state index contributed by atoms with van der Waals surface area (Å²) in [4.78, 5) is 32.4. The zero-order valence-electron chi connectivity index (χ0n) is 17.0. The molecule has 0 saturated carbocycles. The van der Waals surface area contributed by atoms with Gasteiger partial charge in [-0.1, -0.05) is 11.6 Å². The molecule has 0 saturated heterocycles. The van der Waals surface area contributed by atoms with Crippen LogP contribution in [0.4, 0.5) is 5.13 Å². The van der Waals surface area contributed by atoms with Crippen LogP contribution in [0.25, 0.3) is 11.3 Å². The fourth-order valence-corrected chi connectivity index (χ4v) is 3.83. The Morgan fingerprint density at radius 2 is 2.00 bits per heavy atom. The molecule has 0 radical (unpaired) electrons. The largest absolute Gasteiger partial charge is 0.496 e. The van der Waals surface area contributed by atoms with Crippen LogP contribution in [0.15, 0.2) is 23.6 Å². The molecule has 1 aromatic carbocycles. The summed E-state index contributed by atoms with van der Waals surface area (Å²) in [5, 5.41) is 5.12. The molecule has 2 heterocycles. The summed E-state index contributed by atoms with van der Waals surface area (Å²) in [7, 11) is 1.61. The average Bonchev–Trinajstić information content (AvgIpc) is 3.26. The van der Waals surface area contributed by atoms with Crippen LogP contribution in [0.3, 0.4) is 0 Å². The lowest BCUT2D eigenvalue weighted by Crippen LogP contribution is -2.14. The quantitative estimate of drug-likeness (QED) is 0.580. The zero-order valence-corrected chi connectivity index (χ0v) is 17.8. The SMILES string of the molecule is CCOC(=O)c1c(C)[nH]c(C(=O)Nc2nc(-c3cc(C)ccc3OC)cs2)c1C. The second-order valence-electron chi connectivity index (χ2n) is 6.54. The highest BCUT2D eigenvalue weighted by molar-refractivity contribution is 7.14. The Balaban J connectivity index is 1.84. The lowest BCUT2D eigenvalue weighted by Gasteiger charge is -2.07. The van der Waals surface area contributed by atoms with Gasteiger partial charge in [-0.25, -0.2) is 9.78 Å². The second kappa shape index (κ2) is 8.48. The number of nitrogens with one attached hydrogen (secondary N) is 2. The molecule has 8 heteroatoms. The predicted octanol–water partition coefficient (Wildman–Crippen LogP) is 4.50. The Morgan fingerprint density at radius 3 is 2.69 bits per heavy atom. The minimum atomic E-state index is -0.444. The number of aryl methyl sites for hydroxylation is 2. The Morgan fingerprint density at radius 1 is 1.24 bits per heavy atom. The summed E-state index contributed by atoms with van der Waals surface area (Å²) in [5.41, 5.74) is 4.52. The summed E-state index contributed by atoms with van der Waals surface area (Å²) in [6, 6.07) is 5.85. The number of esters is 1. The van der Waals surface area contributed by atoms with E-state index in [1.54, 1.807) is 27.9 Å². The number of aromatic amines is 1. The van der Waals surface area contributed by atoms with Crippen LogP contribution in [0.2, 0.25) is 0 Å². The first-order valence-electron chi connectivity index (χ1n) is 9.13. The van der Waals surface area contributed by atoms with Gasteiger partial charge in [0.1, 0.15) is 11.4 Å². The zero-order chi connectivity index (χ0) is 21.1. The first kappa shape index (κ1) is 20.6. The second-order valence-corrected chi connectivity index (χ2v) is 7.40. The van der Waals surface area contributed by atoms with Gasteiger partial charge in [0.2, 0.25) is 0 Å². The van der Waals surface area contributed by atoms with Crippen LogP contribution in [0, 0.1) is 20.8 Å². The maximum absolute atomic E-state index is 12.8. The minimum Gasteiger partial charge on any atom is -0.496 e. The molecular weight excluding hydrogens is 390 g/mol. The lowest BCUT2D eigenvalue weighted by molar-refractivity contribution is 0.0525. The molecular formula is C21H23N3O4S. The number of amides is 1. The molecule has 152 valence electrons. The number of carbonyl (C=O) groups excluding carboxylic acids is 2. The van der Waals surface area contributed by atoms with E-state index in [4.69, 9.17) is 9.47 Å². The molecule has 2 aromatic heterocycles. The van der Waals surface area contributed by atoms with Crippen LogP contribution >= 0.6 is 11.3 Å². The molecule has 0 fully saturated rings. The van der Waals surface area contributed by atoms with E-state index < -0.39 is 5.97 Å². The molecule has 3 rings (SSSR count). The van der Waals surface area contributed by atoms with E-state index in [2.05, 4.69) is 15.3 Å². The van der Waals surface area contributed by atoms with Crippen molar-refractivity contribution in [1.29, 1.82) is 0 Å². The highest BCUT2D eigenvalue weighted by Gasteiger charge is 2.23. The summed E-state index contributed by atoms with van der Waals surface area (Å²) in [6.07, 6.45) is 0. The van der Waals surface area contributed by atoms with Gasteiger partial charge in [0.05, 0.1) is 25.0 Å². The Kier molecular flexibility index (Phi) is 6.03. The first-order chi connectivity index (χ1) is 13.8. The Labute approximate surface area is 173 Å². The summed E-state index contributed by atoms with van der Waals surface area (Å²) < 4.78 is 10.5. The van der Waals surface area contributed by atoms with Crippen molar-refractivity contribution in [2.45, 2.75) is 27.7 Å². The van der Waals surface area contributed by atoms with Crippen LogP contribution in [0.1, 0.15) is 44.6 Å². The van der Waals surface area contributed by atoms with Gasteiger partial charge >= 0.3 is 5.97 Å². The molecule has 29 heavy (non-hydrogen) atoms. The summed E-state index contributed by atoms with van der Waals surface area (Å²) in [6.45, 7) is 7.47. The van der Waals surface area contributed by atoms with E-state index in [1.165, 1.54) is 11.3 Å². The number of hydrogen-bond acceptors (Lipinski definition) is 6. The van der Waals surface area contributed by atoms with E-state index in [0.29, 0.717) is 33.4 Å². The number of ether oxygens (including phenoxy) is 2. The van der Waals surface area contributed by atoms with Gasteiger partial charge in [-0.05, 0) is 45.4 Å². The summed E-state index contributed by atoms with van der Waals surface area (Å²) >= 11 is 1.32. The number of benzene rings is 1. The first-order valence-corrected chi connectivity index (χ1v) is 10.0. The van der Waals surface area contributed by atoms with E-state index in [-0.39, 0.29) is 12.5 Å². The number of H-pyrrole nitrogens is 1. The maximum atomic E-state index is 12.8. The third kappa shape index (κ3) is 4.17. The third-order valence-electron chi connectivity index (χ3n) is 4.50. The number of methoxy groups -OCH3 is 1. The number of carbonyl (C=O) groups is 2. The van der Waals surface area contributed by atoms with E-state index in [0.717, 1.165) is 16.8 Å². The number of rotatable bonds is 6. The van der Waals surface area contributed by atoms with Crippen molar-refractivity contribution in [3.05, 3.63) is 51.7 Å². The molecule has 0 bridgehead atoms. The van der Waals surface area contributed by atoms with Crippen molar-refractivity contribution in [2.24, 2.45) is 0 Å². The standard InChI is InChI=1S/C21H23N3O4S/c1-6-28-20(26)17-12(3)18(22-13(17)4)19(25)24-21-23-15(10-29-21)14-9-11(2)7-8-16(14)27-5/h7-10,22H,6H2,1-5H3,(H,23,24,25). The van der Waals surface area contributed by atoms with E-state index >= 15 is 0 Å². The van der Waals surface area contributed by atoms with Crippen molar-refractivity contribution in [2.75, 3.05) is 19.0 Å². The van der Waals surface area contributed by atoms with Gasteiger partial charge in [-0.2, -0.15) is 0 Å². The molecule has 0 aliphatic heterocycles. The van der Waals surface area contributed by atoms with Crippen LogP contribution < -0.4 is 10.1 Å². The van der Waals surface area contributed by atoms with Crippen molar-refractivity contribution >= 4 is 28.3 Å². The van der Waals surface area contributed by atoms with Crippen molar-refractivity contribution in [1.82, 2.24) is 9.97 Å². The van der Waals surface area contributed by atoms with Crippen molar-refractivity contribution in [3.63, 3.8) is 0 Å². The van der Waals surface area contributed by atoms with Gasteiger partial charge < -0.3 is 14.5 Å². The normalized spacial score (nSPS) is 10.7. The topological polar surface area (TPSA) is 93.3 Å². The Hall–Kier alpha value is -3.13. The number of anilines is 1. The number of aromatic nitrogens is 2. The van der Waals surface area contributed by atoms with Crippen LogP contribution in [-0.4, -0.2) is 35.6 Å². The highest BCUT2D eigenvalue weighted by Crippen LogP contribution is 2.33. The fourth-order valence-electron chi connectivity index (χ4n) is 3.12. The molecule has 7 nitrogen and oxygen atoms in total. The summed E-state index contributed by atoms with van der Waals surface area (Å²) in [5.74, 6) is -0.0900. The average molecular weight is 413 g/mol. The van der Waals surface area contributed by atoms with E-state index in [1.807, 2.05) is 30.5 Å². The van der Waals surface area contributed by atoms with Gasteiger partial charge in [0.15, 0.2) is 5.13 Å². The molecule has 2 N–H and O–H groups in total. The van der Waals surface area contributed by atoms with Crippen LogP contribution in [0.5, 0.6) is 5.75 Å². The fraction of sp³-hybridized carbons (Fsp3) is 0.286. The van der Waals surface area contributed by atoms with Gasteiger partial charge in [0.25, 0.3) is 5.91 Å². The number of nitrogens with zero attached hydrogens (tertiary/aromatic N) is 1. The predicted molar refractivity (Wildman–Crippen MR) is 113 cm³/mol. The number of hydrogen-bond donors (Lipinski definition) is 2.